The Morgan fingerprint density at radius 2 is 2.03 bits per heavy atom. The number of nitriles is 1. The molecule has 0 bridgehead atoms. The van der Waals surface area contributed by atoms with E-state index in [9.17, 15) is 25.0 Å². The Bertz CT molecular complexity index is 1060. The Morgan fingerprint density at radius 3 is 2.70 bits per heavy atom. The van der Waals surface area contributed by atoms with Crippen molar-refractivity contribution in [2.45, 2.75) is 32.1 Å². The fourth-order valence-electron chi connectivity index (χ4n) is 3.61. The van der Waals surface area contributed by atoms with Crippen molar-refractivity contribution in [2.75, 3.05) is 7.11 Å². The second-order valence-electron chi connectivity index (χ2n) is 7.18. The van der Waals surface area contributed by atoms with Gasteiger partial charge in [-0.2, -0.15) is 5.26 Å². The Hall–Kier alpha value is -3.73. The molecule has 2 atom stereocenters. The van der Waals surface area contributed by atoms with Crippen LogP contribution in [0.25, 0.3) is 0 Å². The summed E-state index contributed by atoms with van der Waals surface area (Å²) < 4.78 is 10.1. The number of aryl methyl sites for hydroxylation is 2. The van der Waals surface area contributed by atoms with E-state index in [-0.39, 0.29) is 23.6 Å². The maximum Gasteiger partial charge on any atom is 0.315 e. The summed E-state index contributed by atoms with van der Waals surface area (Å²) in [4.78, 5) is 34.3. The number of rotatable bonds is 6. The minimum Gasteiger partial charge on any atom is -0.469 e. The third-order valence-corrected chi connectivity index (χ3v) is 5.41. The van der Waals surface area contributed by atoms with E-state index in [4.69, 9.17) is 4.74 Å². The summed E-state index contributed by atoms with van der Waals surface area (Å²) in [6.07, 6.45) is 1.04. The van der Waals surface area contributed by atoms with Gasteiger partial charge in [0.15, 0.2) is 0 Å². The van der Waals surface area contributed by atoms with Crippen LogP contribution in [0.1, 0.15) is 41.5 Å². The molecule has 0 aromatic heterocycles. The molecule has 8 heteroatoms. The van der Waals surface area contributed by atoms with Crippen molar-refractivity contribution >= 4 is 17.6 Å². The van der Waals surface area contributed by atoms with Gasteiger partial charge in [0.05, 0.1) is 36.0 Å². The SMILES string of the molecule is COC(=O)CC1C(=O)Oc2cc(CCc3ccc([N+](=O)[O-])cc3C#N)ccc2C1C. The van der Waals surface area contributed by atoms with Crippen LogP contribution < -0.4 is 4.74 Å². The number of non-ortho nitro benzene ring substituents is 1. The number of methoxy groups -OCH3 is 1. The lowest BCUT2D eigenvalue weighted by molar-refractivity contribution is -0.384. The summed E-state index contributed by atoms with van der Waals surface area (Å²) in [6, 6.07) is 11.8. The minimum atomic E-state index is -0.589. The zero-order chi connectivity index (χ0) is 21.8. The molecule has 0 radical (unpaired) electrons. The van der Waals surface area contributed by atoms with Gasteiger partial charge in [0.1, 0.15) is 5.75 Å². The molecule has 3 rings (SSSR count). The quantitative estimate of drug-likeness (QED) is 0.311. The Morgan fingerprint density at radius 1 is 1.27 bits per heavy atom. The molecule has 0 N–H and O–H groups in total. The first kappa shape index (κ1) is 21.0. The second-order valence-corrected chi connectivity index (χ2v) is 7.18. The third-order valence-electron chi connectivity index (χ3n) is 5.41. The topological polar surface area (TPSA) is 120 Å². The van der Waals surface area contributed by atoms with Gasteiger partial charge in [0.2, 0.25) is 0 Å². The highest BCUT2D eigenvalue weighted by Gasteiger charge is 2.36. The lowest BCUT2D eigenvalue weighted by atomic mass is 9.82. The largest absolute Gasteiger partial charge is 0.469 e. The predicted octanol–water partition coefficient (Wildman–Crippen LogP) is 3.45. The smallest absolute Gasteiger partial charge is 0.315 e. The molecule has 8 nitrogen and oxygen atoms in total. The number of esters is 2. The van der Waals surface area contributed by atoms with Crippen molar-refractivity contribution in [3.05, 3.63) is 68.8 Å². The molecule has 154 valence electrons. The molecule has 2 unspecified atom stereocenters. The van der Waals surface area contributed by atoms with Crippen LogP contribution in [0.2, 0.25) is 0 Å². The first-order valence-electron chi connectivity index (χ1n) is 9.42. The Kier molecular flexibility index (Phi) is 6.11. The van der Waals surface area contributed by atoms with E-state index in [2.05, 4.69) is 4.74 Å². The first-order chi connectivity index (χ1) is 14.3. The van der Waals surface area contributed by atoms with Crippen LogP contribution in [-0.2, 0) is 27.2 Å². The molecule has 1 heterocycles. The summed E-state index contributed by atoms with van der Waals surface area (Å²) in [6.45, 7) is 1.88. The molecule has 2 aromatic rings. The molecule has 30 heavy (non-hydrogen) atoms. The number of carbonyl (C=O) groups excluding carboxylic acids is 2. The Labute approximate surface area is 173 Å². The number of fused-ring (bicyclic) bond motifs is 1. The summed E-state index contributed by atoms with van der Waals surface area (Å²) in [5, 5.41) is 20.2. The van der Waals surface area contributed by atoms with Gasteiger partial charge in [-0.05, 0) is 41.5 Å². The lowest BCUT2D eigenvalue weighted by Gasteiger charge is -2.29. The molecule has 0 fully saturated rings. The molecule has 0 saturated carbocycles. The van der Waals surface area contributed by atoms with Gasteiger partial charge in [0.25, 0.3) is 5.69 Å². The van der Waals surface area contributed by atoms with Crippen molar-refractivity contribution in [3.8, 4) is 11.8 Å². The van der Waals surface area contributed by atoms with Crippen LogP contribution >= 0.6 is 0 Å². The van der Waals surface area contributed by atoms with E-state index in [0.717, 1.165) is 11.1 Å². The predicted molar refractivity (Wildman–Crippen MR) is 106 cm³/mol. The van der Waals surface area contributed by atoms with Crippen molar-refractivity contribution in [1.29, 1.82) is 5.26 Å². The number of nitro benzene ring substituents is 1. The van der Waals surface area contributed by atoms with E-state index >= 15 is 0 Å². The van der Waals surface area contributed by atoms with Crippen LogP contribution in [0, 0.1) is 27.4 Å². The maximum atomic E-state index is 12.4. The molecule has 1 aliphatic rings. The first-order valence-corrected chi connectivity index (χ1v) is 9.42. The molecular weight excluding hydrogens is 388 g/mol. The van der Waals surface area contributed by atoms with Gasteiger partial charge in [-0.15, -0.1) is 0 Å². The maximum absolute atomic E-state index is 12.4. The van der Waals surface area contributed by atoms with E-state index < -0.39 is 22.8 Å². The molecule has 0 aliphatic carbocycles. The fraction of sp³-hybridized carbons (Fsp3) is 0.318. The lowest BCUT2D eigenvalue weighted by Crippen LogP contribution is -2.32. The average Bonchev–Trinajstić information content (AvgIpc) is 2.74. The highest BCUT2D eigenvalue weighted by atomic mass is 16.6. The monoisotopic (exact) mass is 408 g/mol. The molecule has 0 saturated heterocycles. The second kappa shape index (κ2) is 8.74. The van der Waals surface area contributed by atoms with Crippen LogP contribution in [0.5, 0.6) is 5.75 Å². The van der Waals surface area contributed by atoms with E-state index in [1.165, 1.54) is 19.2 Å². The summed E-state index contributed by atoms with van der Waals surface area (Å²) in [7, 11) is 1.28. The zero-order valence-electron chi connectivity index (χ0n) is 16.6. The number of carbonyl (C=O) groups is 2. The van der Waals surface area contributed by atoms with Gasteiger partial charge >= 0.3 is 11.9 Å². The summed E-state index contributed by atoms with van der Waals surface area (Å²) >= 11 is 0. The normalized spacial score (nSPS) is 17.4. The number of nitro groups is 1. The van der Waals surface area contributed by atoms with Gasteiger partial charge in [-0.25, -0.2) is 0 Å². The molecule has 0 amide bonds. The molecule has 0 spiro atoms. The highest BCUT2D eigenvalue weighted by molar-refractivity contribution is 5.84. The van der Waals surface area contributed by atoms with E-state index in [1.807, 2.05) is 25.1 Å². The summed E-state index contributed by atoms with van der Waals surface area (Å²) in [5.74, 6) is -1.22. The fourth-order valence-corrected chi connectivity index (χ4v) is 3.61. The van der Waals surface area contributed by atoms with Crippen molar-refractivity contribution < 1.29 is 24.0 Å². The van der Waals surface area contributed by atoms with Crippen molar-refractivity contribution in [3.63, 3.8) is 0 Å². The molecule has 2 aromatic carbocycles. The van der Waals surface area contributed by atoms with Crippen LogP contribution in [0.3, 0.4) is 0 Å². The standard InChI is InChI=1S/C22H20N2O6/c1-13-18-8-4-14(9-20(18)30-22(26)19(13)11-21(25)29-2)3-5-15-6-7-17(24(27)28)10-16(15)12-23/h4,6-10,13,19H,3,5,11H2,1-2H3. The minimum absolute atomic E-state index is 0.0330. The third kappa shape index (κ3) is 4.30. The van der Waals surface area contributed by atoms with E-state index in [1.54, 1.807) is 12.1 Å². The van der Waals surface area contributed by atoms with Gasteiger partial charge in [-0.3, -0.25) is 19.7 Å². The van der Waals surface area contributed by atoms with Crippen LogP contribution in [0.15, 0.2) is 36.4 Å². The molecular formula is C22H20N2O6. The average molecular weight is 408 g/mol. The van der Waals surface area contributed by atoms with Crippen molar-refractivity contribution in [2.24, 2.45) is 5.92 Å². The number of benzene rings is 2. The molecule has 1 aliphatic heterocycles. The number of hydrogen-bond acceptors (Lipinski definition) is 7. The highest BCUT2D eigenvalue weighted by Crippen LogP contribution is 2.39. The van der Waals surface area contributed by atoms with E-state index in [0.29, 0.717) is 24.2 Å². The number of nitrogens with zero attached hydrogens (tertiary/aromatic N) is 2. The van der Waals surface area contributed by atoms with Crippen LogP contribution in [0.4, 0.5) is 5.69 Å². The number of hydrogen-bond donors (Lipinski definition) is 0. The number of ether oxygens (including phenoxy) is 2. The van der Waals surface area contributed by atoms with Gasteiger partial charge in [-0.1, -0.05) is 25.1 Å². The van der Waals surface area contributed by atoms with Crippen LogP contribution in [-0.4, -0.2) is 24.0 Å². The van der Waals surface area contributed by atoms with Gasteiger partial charge < -0.3 is 9.47 Å². The Balaban J connectivity index is 1.76. The zero-order valence-corrected chi connectivity index (χ0v) is 16.6. The van der Waals surface area contributed by atoms with Gasteiger partial charge in [0, 0.05) is 12.1 Å². The van der Waals surface area contributed by atoms with Crippen molar-refractivity contribution in [1.82, 2.24) is 0 Å². The summed E-state index contributed by atoms with van der Waals surface area (Å²) in [5.41, 5.74) is 2.62.